The van der Waals surface area contributed by atoms with E-state index in [-0.39, 0.29) is 5.75 Å². The van der Waals surface area contributed by atoms with Gasteiger partial charge in [0, 0.05) is 0 Å². The molecule has 2 heteroatoms. The van der Waals surface area contributed by atoms with E-state index in [1.54, 1.807) is 12.1 Å². The molecule has 0 aromatic heterocycles. The molecule has 0 saturated heterocycles. The standard InChI is InChI=1S/C8H9O2/c1-6-3-4-8(10-2)7(9)5-6/h3-5H,1-2H3. The minimum Gasteiger partial charge on any atom is -0.493 e. The largest absolute Gasteiger partial charge is 0.493 e. The Balaban J connectivity index is 3.07. The minimum absolute atomic E-state index is 0.0532. The fraction of sp³-hybridized carbons (Fsp3) is 0.250. The van der Waals surface area contributed by atoms with Crippen LogP contribution >= 0.6 is 0 Å². The summed E-state index contributed by atoms with van der Waals surface area (Å²) < 4.78 is 4.79. The molecule has 0 aliphatic rings. The van der Waals surface area contributed by atoms with Crippen LogP contribution in [0.1, 0.15) is 5.56 Å². The molecular formula is C8H9O2. The summed E-state index contributed by atoms with van der Waals surface area (Å²) >= 11 is 0. The van der Waals surface area contributed by atoms with Crippen molar-refractivity contribution in [3.8, 4) is 11.5 Å². The smallest absolute Gasteiger partial charge is 0.220 e. The first-order valence-corrected chi connectivity index (χ1v) is 3.05. The summed E-state index contributed by atoms with van der Waals surface area (Å²) in [6.45, 7) is 1.88. The van der Waals surface area contributed by atoms with Crippen molar-refractivity contribution in [2.75, 3.05) is 7.11 Å². The van der Waals surface area contributed by atoms with Gasteiger partial charge in [0.25, 0.3) is 0 Å². The summed E-state index contributed by atoms with van der Waals surface area (Å²) in [5, 5.41) is 10.9. The molecular weight excluding hydrogens is 128 g/mol. The molecule has 0 amide bonds. The number of ether oxygens (including phenoxy) is 1. The molecule has 2 nitrogen and oxygen atoms in total. The molecule has 10 heavy (non-hydrogen) atoms. The molecule has 0 unspecified atom stereocenters. The van der Waals surface area contributed by atoms with E-state index in [4.69, 9.17) is 4.74 Å². The van der Waals surface area contributed by atoms with E-state index < -0.39 is 0 Å². The van der Waals surface area contributed by atoms with Crippen molar-refractivity contribution in [1.82, 2.24) is 0 Å². The lowest BCUT2D eigenvalue weighted by molar-refractivity contribution is 0.315. The second kappa shape index (κ2) is 2.60. The van der Waals surface area contributed by atoms with Crippen molar-refractivity contribution >= 4 is 0 Å². The molecule has 0 fully saturated rings. The second-order valence-electron chi connectivity index (χ2n) is 2.15. The Morgan fingerprint density at radius 1 is 1.40 bits per heavy atom. The van der Waals surface area contributed by atoms with Gasteiger partial charge in [0.15, 0.2) is 5.75 Å². The predicted molar refractivity (Wildman–Crippen MR) is 37.9 cm³/mol. The van der Waals surface area contributed by atoms with Crippen molar-refractivity contribution in [3.63, 3.8) is 0 Å². The zero-order valence-electron chi connectivity index (χ0n) is 6.05. The SMILES string of the molecule is COc1ccc(C)cc1[O]. The quantitative estimate of drug-likeness (QED) is 0.583. The Morgan fingerprint density at radius 2 is 2.10 bits per heavy atom. The summed E-state index contributed by atoms with van der Waals surface area (Å²) in [5.74, 6) is 0.355. The first-order valence-electron chi connectivity index (χ1n) is 3.05. The highest BCUT2D eigenvalue weighted by Crippen LogP contribution is 2.26. The molecule has 0 saturated carbocycles. The predicted octanol–water partition coefficient (Wildman–Crippen LogP) is 2.15. The van der Waals surface area contributed by atoms with Crippen LogP contribution in [0.3, 0.4) is 0 Å². The van der Waals surface area contributed by atoms with Gasteiger partial charge in [-0.3, -0.25) is 5.11 Å². The van der Waals surface area contributed by atoms with Crippen molar-refractivity contribution in [2.24, 2.45) is 0 Å². The molecule has 0 bridgehead atoms. The van der Waals surface area contributed by atoms with Crippen LogP contribution in [0.2, 0.25) is 0 Å². The molecule has 0 heterocycles. The van der Waals surface area contributed by atoms with E-state index in [0.717, 1.165) is 5.56 Å². The van der Waals surface area contributed by atoms with Crippen molar-refractivity contribution in [3.05, 3.63) is 23.8 Å². The minimum atomic E-state index is -0.0532. The van der Waals surface area contributed by atoms with Gasteiger partial charge < -0.3 is 4.74 Å². The first kappa shape index (κ1) is 6.93. The summed E-state index contributed by atoms with van der Waals surface area (Å²) in [5.41, 5.74) is 0.964. The van der Waals surface area contributed by atoms with Gasteiger partial charge in [-0.1, -0.05) is 6.07 Å². The third-order valence-electron chi connectivity index (χ3n) is 1.32. The average Bonchev–Trinajstić information content (AvgIpc) is 1.88. The molecule has 0 spiro atoms. The lowest BCUT2D eigenvalue weighted by Gasteiger charge is -1.99. The van der Waals surface area contributed by atoms with E-state index in [0.29, 0.717) is 5.75 Å². The molecule has 53 valence electrons. The van der Waals surface area contributed by atoms with Crippen LogP contribution < -0.4 is 4.74 Å². The average molecular weight is 137 g/mol. The molecule has 1 radical (unpaired) electrons. The van der Waals surface area contributed by atoms with E-state index >= 15 is 0 Å². The van der Waals surface area contributed by atoms with Crippen LogP contribution in [-0.2, 0) is 5.11 Å². The van der Waals surface area contributed by atoms with Gasteiger partial charge in [0.2, 0.25) is 5.75 Å². The number of rotatable bonds is 1. The Labute approximate surface area is 60.1 Å². The van der Waals surface area contributed by atoms with E-state index in [2.05, 4.69) is 0 Å². The molecule has 0 atom stereocenters. The Hall–Kier alpha value is -1.18. The number of aryl methyl sites for hydroxylation is 1. The van der Waals surface area contributed by atoms with E-state index in [1.807, 2.05) is 13.0 Å². The van der Waals surface area contributed by atoms with Crippen LogP contribution in [0.25, 0.3) is 0 Å². The molecule has 1 rings (SSSR count). The molecule has 1 aromatic rings. The van der Waals surface area contributed by atoms with E-state index in [1.165, 1.54) is 7.11 Å². The fourth-order valence-corrected chi connectivity index (χ4v) is 0.784. The number of hydrogen-bond acceptors (Lipinski definition) is 1. The number of methoxy groups -OCH3 is 1. The maximum atomic E-state index is 10.9. The third kappa shape index (κ3) is 1.21. The van der Waals surface area contributed by atoms with Crippen molar-refractivity contribution in [1.29, 1.82) is 0 Å². The number of hydrogen-bond donors (Lipinski definition) is 0. The third-order valence-corrected chi connectivity index (χ3v) is 1.32. The van der Waals surface area contributed by atoms with Crippen molar-refractivity contribution < 1.29 is 9.84 Å². The van der Waals surface area contributed by atoms with E-state index in [9.17, 15) is 5.11 Å². The highest BCUT2D eigenvalue weighted by molar-refractivity contribution is 5.40. The lowest BCUT2D eigenvalue weighted by atomic mass is 10.2. The maximum absolute atomic E-state index is 10.9. The zero-order chi connectivity index (χ0) is 7.56. The lowest BCUT2D eigenvalue weighted by Crippen LogP contribution is -1.82. The van der Waals surface area contributed by atoms with Gasteiger partial charge in [-0.25, -0.2) is 0 Å². The second-order valence-corrected chi connectivity index (χ2v) is 2.15. The normalized spacial score (nSPS) is 9.40. The highest BCUT2D eigenvalue weighted by Gasteiger charge is 2.00. The van der Waals surface area contributed by atoms with Gasteiger partial charge in [-0.2, -0.15) is 0 Å². The van der Waals surface area contributed by atoms with Crippen LogP contribution in [-0.4, -0.2) is 7.11 Å². The summed E-state index contributed by atoms with van der Waals surface area (Å²) in [7, 11) is 1.49. The Bertz CT molecular complexity index is 231. The zero-order valence-corrected chi connectivity index (χ0v) is 6.05. The van der Waals surface area contributed by atoms with Crippen LogP contribution in [0.5, 0.6) is 11.5 Å². The summed E-state index contributed by atoms with van der Waals surface area (Å²) in [6.07, 6.45) is 0. The molecule has 0 N–H and O–H groups in total. The van der Waals surface area contributed by atoms with Crippen LogP contribution in [0.15, 0.2) is 18.2 Å². The molecule has 0 aliphatic heterocycles. The first-order chi connectivity index (χ1) is 4.74. The van der Waals surface area contributed by atoms with Gasteiger partial charge in [0.05, 0.1) is 7.11 Å². The number of benzene rings is 1. The van der Waals surface area contributed by atoms with Gasteiger partial charge in [-0.05, 0) is 24.6 Å². The maximum Gasteiger partial charge on any atom is 0.220 e. The topological polar surface area (TPSA) is 29.1 Å². The Morgan fingerprint density at radius 3 is 2.60 bits per heavy atom. The van der Waals surface area contributed by atoms with Gasteiger partial charge in [0.1, 0.15) is 0 Å². The van der Waals surface area contributed by atoms with Gasteiger partial charge >= 0.3 is 0 Å². The van der Waals surface area contributed by atoms with Gasteiger partial charge in [-0.15, -0.1) is 0 Å². The monoisotopic (exact) mass is 137 g/mol. The highest BCUT2D eigenvalue weighted by atomic mass is 16.5. The summed E-state index contributed by atoms with van der Waals surface area (Å²) in [4.78, 5) is 0. The summed E-state index contributed by atoms with van der Waals surface area (Å²) in [6, 6.07) is 5.08. The van der Waals surface area contributed by atoms with Crippen molar-refractivity contribution in [2.45, 2.75) is 6.92 Å². The molecule has 1 aromatic carbocycles. The Kier molecular flexibility index (Phi) is 1.81. The molecule has 0 aliphatic carbocycles. The van der Waals surface area contributed by atoms with Crippen LogP contribution in [0, 0.1) is 6.92 Å². The fourth-order valence-electron chi connectivity index (χ4n) is 0.784. The van der Waals surface area contributed by atoms with Crippen LogP contribution in [0.4, 0.5) is 0 Å².